The van der Waals surface area contributed by atoms with Gasteiger partial charge in [-0.15, -0.1) is 11.6 Å². The third-order valence-electron chi connectivity index (χ3n) is 1.50. The summed E-state index contributed by atoms with van der Waals surface area (Å²) in [4.78, 5) is 11.3. The molecule has 0 saturated heterocycles. The molecule has 0 aliphatic rings. The fourth-order valence-corrected chi connectivity index (χ4v) is 1.00. The number of ether oxygens (including phenoxy) is 2. The molecule has 1 amide bonds. The van der Waals surface area contributed by atoms with Gasteiger partial charge in [0.2, 0.25) is 5.91 Å². The predicted molar refractivity (Wildman–Crippen MR) is 60.2 cm³/mol. The molecule has 0 heterocycles. The van der Waals surface area contributed by atoms with Gasteiger partial charge in [0.05, 0.1) is 17.6 Å². The second-order valence-electron chi connectivity index (χ2n) is 4.26. The Morgan fingerprint density at radius 2 is 2.07 bits per heavy atom. The number of halogens is 1. The fraction of sp³-hybridized carbons (Fsp3) is 0.900. The van der Waals surface area contributed by atoms with E-state index in [1.54, 1.807) is 7.11 Å². The average Bonchev–Trinajstić information content (AvgIpc) is 2.11. The summed E-state index contributed by atoms with van der Waals surface area (Å²) in [5.41, 5.74) is -0.301. The quantitative estimate of drug-likeness (QED) is 0.706. The van der Waals surface area contributed by atoms with E-state index >= 15 is 0 Å². The van der Waals surface area contributed by atoms with Crippen molar-refractivity contribution in [3.63, 3.8) is 0 Å². The molecule has 0 saturated carbocycles. The number of methoxy groups -OCH3 is 1. The van der Waals surface area contributed by atoms with Crippen LogP contribution in [0.4, 0.5) is 0 Å². The van der Waals surface area contributed by atoms with Crippen LogP contribution in [0.3, 0.4) is 0 Å². The van der Waals surface area contributed by atoms with Gasteiger partial charge in [-0.3, -0.25) is 4.79 Å². The summed E-state index contributed by atoms with van der Waals surface area (Å²) in [6.45, 7) is 6.56. The molecule has 0 aromatic rings. The predicted octanol–water partition coefficient (Wildman–Crippen LogP) is 1.17. The van der Waals surface area contributed by atoms with Crippen molar-refractivity contribution < 1.29 is 14.3 Å². The van der Waals surface area contributed by atoms with Gasteiger partial charge in [-0.25, -0.2) is 0 Å². The van der Waals surface area contributed by atoms with Crippen molar-refractivity contribution in [1.29, 1.82) is 0 Å². The first-order valence-corrected chi connectivity index (χ1v) is 5.32. The average molecular weight is 238 g/mol. The van der Waals surface area contributed by atoms with E-state index in [0.717, 1.165) is 0 Å². The van der Waals surface area contributed by atoms with Crippen molar-refractivity contribution in [2.24, 2.45) is 0 Å². The highest BCUT2D eigenvalue weighted by atomic mass is 35.5. The van der Waals surface area contributed by atoms with E-state index in [4.69, 9.17) is 21.1 Å². The van der Waals surface area contributed by atoms with Crippen molar-refractivity contribution >= 4 is 17.5 Å². The number of alkyl halides is 1. The third-order valence-corrected chi connectivity index (χ3v) is 1.78. The zero-order valence-electron chi connectivity index (χ0n) is 9.80. The van der Waals surface area contributed by atoms with Crippen molar-refractivity contribution in [2.45, 2.75) is 31.7 Å². The Morgan fingerprint density at radius 3 is 2.53 bits per heavy atom. The van der Waals surface area contributed by atoms with Gasteiger partial charge in [0.1, 0.15) is 6.61 Å². The number of carbonyl (C=O) groups excluding carboxylic acids is 1. The van der Waals surface area contributed by atoms with Crippen LogP contribution in [0.5, 0.6) is 0 Å². The van der Waals surface area contributed by atoms with Gasteiger partial charge in [0.25, 0.3) is 0 Å². The topological polar surface area (TPSA) is 47.6 Å². The van der Waals surface area contributed by atoms with Crippen LogP contribution in [0.1, 0.15) is 20.8 Å². The number of nitrogens with one attached hydrogen (secondary N) is 1. The summed E-state index contributed by atoms with van der Waals surface area (Å²) in [7, 11) is 1.57. The number of carbonyl (C=O) groups is 1. The van der Waals surface area contributed by atoms with Crippen molar-refractivity contribution in [1.82, 2.24) is 5.32 Å². The van der Waals surface area contributed by atoms with Crippen LogP contribution < -0.4 is 5.32 Å². The molecule has 0 radical (unpaired) electrons. The Labute approximate surface area is 96.3 Å². The maximum atomic E-state index is 11.3. The van der Waals surface area contributed by atoms with Gasteiger partial charge in [0, 0.05) is 13.7 Å². The monoisotopic (exact) mass is 237 g/mol. The molecule has 0 bridgehead atoms. The molecule has 1 unspecified atom stereocenters. The standard InChI is InChI=1S/C10H20ClNO3/c1-10(2,3)15-7-9(13)12-5-8(11)6-14-4/h8H,5-7H2,1-4H3,(H,12,13). The molecule has 1 atom stereocenters. The van der Waals surface area contributed by atoms with E-state index in [1.165, 1.54) is 0 Å². The van der Waals surface area contributed by atoms with Gasteiger partial charge < -0.3 is 14.8 Å². The van der Waals surface area contributed by atoms with Gasteiger partial charge in [-0.05, 0) is 20.8 Å². The zero-order chi connectivity index (χ0) is 11.9. The van der Waals surface area contributed by atoms with Crippen LogP contribution in [0.25, 0.3) is 0 Å². The molecule has 4 nitrogen and oxygen atoms in total. The Morgan fingerprint density at radius 1 is 1.47 bits per heavy atom. The Kier molecular flexibility index (Phi) is 6.89. The van der Waals surface area contributed by atoms with E-state index in [1.807, 2.05) is 20.8 Å². The van der Waals surface area contributed by atoms with Crippen LogP contribution in [0.2, 0.25) is 0 Å². The van der Waals surface area contributed by atoms with E-state index in [9.17, 15) is 4.79 Å². The SMILES string of the molecule is COCC(Cl)CNC(=O)COC(C)(C)C. The molecule has 0 spiro atoms. The van der Waals surface area contributed by atoms with E-state index in [0.29, 0.717) is 13.2 Å². The molecule has 0 aromatic heterocycles. The lowest BCUT2D eigenvalue weighted by molar-refractivity contribution is -0.130. The minimum atomic E-state index is -0.301. The minimum Gasteiger partial charge on any atom is -0.383 e. The highest BCUT2D eigenvalue weighted by molar-refractivity contribution is 6.21. The molecule has 0 fully saturated rings. The maximum absolute atomic E-state index is 11.3. The second kappa shape index (κ2) is 7.04. The molecule has 0 aliphatic heterocycles. The van der Waals surface area contributed by atoms with Gasteiger partial charge in [-0.1, -0.05) is 0 Å². The Balaban J connectivity index is 3.58. The van der Waals surface area contributed by atoms with Gasteiger partial charge >= 0.3 is 0 Å². The molecule has 1 N–H and O–H groups in total. The first kappa shape index (κ1) is 14.7. The molecule has 0 aromatic carbocycles. The van der Waals surface area contributed by atoms with Crippen molar-refractivity contribution in [3.8, 4) is 0 Å². The summed E-state index contributed by atoms with van der Waals surface area (Å²) in [5.74, 6) is -0.160. The number of rotatable bonds is 6. The molecule has 0 aliphatic carbocycles. The minimum absolute atomic E-state index is 0.0556. The van der Waals surface area contributed by atoms with Crippen LogP contribution in [0, 0.1) is 0 Å². The van der Waals surface area contributed by atoms with E-state index in [2.05, 4.69) is 5.32 Å². The first-order chi connectivity index (χ1) is 6.85. The summed E-state index contributed by atoms with van der Waals surface area (Å²) in [6, 6.07) is 0. The van der Waals surface area contributed by atoms with Crippen LogP contribution in [0.15, 0.2) is 0 Å². The normalized spacial score (nSPS) is 13.7. The number of hydrogen-bond acceptors (Lipinski definition) is 3. The molecule has 15 heavy (non-hydrogen) atoms. The highest BCUT2D eigenvalue weighted by Crippen LogP contribution is 2.05. The third kappa shape index (κ3) is 9.97. The molecule has 5 heteroatoms. The smallest absolute Gasteiger partial charge is 0.246 e. The lowest BCUT2D eigenvalue weighted by Gasteiger charge is -2.19. The number of amides is 1. The lowest BCUT2D eigenvalue weighted by atomic mass is 10.2. The van der Waals surface area contributed by atoms with Crippen molar-refractivity contribution in [2.75, 3.05) is 26.9 Å². The summed E-state index contributed by atoms with van der Waals surface area (Å²) >= 11 is 5.83. The van der Waals surface area contributed by atoms with E-state index < -0.39 is 0 Å². The van der Waals surface area contributed by atoms with Crippen LogP contribution in [-0.4, -0.2) is 43.8 Å². The van der Waals surface area contributed by atoms with Crippen LogP contribution in [-0.2, 0) is 14.3 Å². The summed E-state index contributed by atoms with van der Waals surface area (Å²) < 4.78 is 10.1. The molecular formula is C10H20ClNO3. The molecular weight excluding hydrogens is 218 g/mol. The molecule has 0 rings (SSSR count). The summed E-state index contributed by atoms with van der Waals surface area (Å²) in [5, 5.41) is 2.46. The lowest BCUT2D eigenvalue weighted by Crippen LogP contribution is -2.36. The Bertz CT molecular complexity index is 192. The second-order valence-corrected chi connectivity index (χ2v) is 4.87. The first-order valence-electron chi connectivity index (χ1n) is 4.89. The molecule has 90 valence electrons. The zero-order valence-corrected chi connectivity index (χ0v) is 10.6. The fourth-order valence-electron chi connectivity index (χ4n) is 0.797. The van der Waals surface area contributed by atoms with Gasteiger partial charge in [0.15, 0.2) is 0 Å². The number of hydrogen-bond donors (Lipinski definition) is 1. The van der Waals surface area contributed by atoms with Crippen molar-refractivity contribution in [3.05, 3.63) is 0 Å². The highest BCUT2D eigenvalue weighted by Gasteiger charge is 2.13. The Hall–Kier alpha value is -0.320. The summed E-state index contributed by atoms with van der Waals surface area (Å²) in [6.07, 6.45) is 0. The van der Waals surface area contributed by atoms with E-state index in [-0.39, 0.29) is 23.5 Å². The maximum Gasteiger partial charge on any atom is 0.246 e. The largest absolute Gasteiger partial charge is 0.383 e. The van der Waals surface area contributed by atoms with Gasteiger partial charge in [-0.2, -0.15) is 0 Å². The van der Waals surface area contributed by atoms with Crippen LogP contribution >= 0.6 is 11.6 Å².